The fourth-order valence-electron chi connectivity index (χ4n) is 3.38. The van der Waals surface area contributed by atoms with E-state index in [1.165, 1.54) is 32.0 Å². The molecule has 0 fully saturated rings. The quantitative estimate of drug-likeness (QED) is 0.816. The van der Waals surface area contributed by atoms with E-state index >= 15 is 0 Å². The molecule has 7 heteroatoms. The molecule has 0 unspecified atom stereocenters. The molecule has 0 radical (unpaired) electrons. The largest absolute Gasteiger partial charge is 0.497 e. The van der Waals surface area contributed by atoms with Crippen LogP contribution >= 0.6 is 11.3 Å². The highest BCUT2D eigenvalue weighted by Gasteiger charge is 2.24. The molecule has 1 heterocycles. The predicted molar refractivity (Wildman–Crippen MR) is 106 cm³/mol. The lowest BCUT2D eigenvalue weighted by Gasteiger charge is -2.10. The molecular formula is C20H24N2O4S. The van der Waals surface area contributed by atoms with Crippen molar-refractivity contribution in [1.29, 1.82) is 0 Å². The lowest BCUT2D eigenvalue weighted by atomic mass is 9.96. The van der Waals surface area contributed by atoms with Gasteiger partial charge in [0.05, 0.1) is 19.8 Å². The number of rotatable bonds is 5. The van der Waals surface area contributed by atoms with Gasteiger partial charge in [-0.25, -0.2) is 0 Å². The Morgan fingerprint density at radius 2 is 1.63 bits per heavy atom. The van der Waals surface area contributed by atoms with Crippen LogP contribution < -0.4 is 20.5 Å². The van der Waals surface area contributed by atoms with Gasteiger partial charge in [-0.3, -0.25) is 9.59 Å². The van der Waals surface area contributed by atoms with Gasteiger partial charge in [0.15, 0.2) is 0 Å². The van der Waals surface area contributed by atoms with Gasteiger partial charge >= 0.3 is 0 Å². The van der Waals surface area contributed by atoms with Gasteiger partial charge in [0.1, 0.15) is 16.5 Å². The summed E-state index contributed by atoms with van der Waals surface area (Å²) in [6, 6.07) is 4.96. The predicted octanol–water partition coefficient (Wildman–Crippen LogP) is 3.78. The second-order valence-corrected chi connectivity index (χ2v) is 7.65. The van der Waals surface area contributed by atoms with Crippen molar-refractivity contribution in [3.63, 3.8) is 0 Å². The van der Waals surface area contributed by atoms with Crippen molar-refractivity contribution in [1.82, 2.24) is 0 Å². The first-order valence-electron chi connectivity index (χ1n) is 9.02. The van der Waals surface area contributed by atoms with Gasteiger partial charge in [0, 0.05) is 16.5 Å². The molecule has 0 spiro atoms. The summed E-state index contributed by atoms with van der Waals surface area (Å²) in [5.74, 6) is 0.219. The average Bonchev–Trinajstić information content (AvgIpc) is 2.97. The fourth-order valence-corrected chi connectivity index (χ4v) is 4.67. The summed E-state index contributed by atoms with van der Waals surface area (Å²) in [4.78, 5) is 26.1. The van der Waals surface area contributed by atoms with Gasteiger partial charge in [-0.05, 0) is 43.4 Å². The number of nitrogens with one attached hydrogen (secondary N) is 1. The molecule has 144 valence electrons. The zero-order valence-corrected chi connectivity index (χ0v) is 16.4. The number of methoxy groups -OCH3 is 2. The number of hydrogen-bond acceptors (Lipinski definition) is 5. The van der Waals surface area contributed by atoms with Crippen LogP contribution in [0.1, 0.15) is 56.8 Å². The first-order chi connectivity index (χ1) is 13.0. The number of primary amides is 1. The topological polar surface area (TPSA) is 90.7 Å². The van der Waals surface area contributed by atoms with Crippen molar-refractivity contribution in [2.24, 2.45) is 5.73 Å². The van der Waals surface area contributed by atoms with Crippen LogP contribution in [0.3, 0.4) is 0 Å². The van der Waals surface area contributed by atoms with E-state index in [1.807, 2.05) is 0 Å². The van der Waals surface area contributed by atoms with Gasteiger partial charge < -0.3 is 20.5 Å². The molecule has 2 amide bonds. The van der Waals surface area contributed by atoms with E-state index in [1.54, 1.807) is 18.2 Å². The smallest absolute Gasteiger partial charge is 0.256 e. The highest BCUT2D eigenvalue weighted by atomic mass is 32.1. The van der Waals surface area contributed by atoms with Gasteiger partial charge in [-0.1, -0.05) is 12.8 Å². The van der Waals surface area contributed by atoms with Crippen LogP contribution in [-0.2, 0) is 12.8 Å². The van der Waals surface area contributed by atoms with E-state index < -0.39 is 5.91 Å². The Morgan fingerprint density at radius 3 is 2.22 bits per heavy atom. The minimum absolute atomic E-state index is 0.330. The molecule has 1 aromatic carbocycles. The molecular weight excluding hydrogens is 364 g/mol. The molecule has 1 aliphatic rings. The van der Waals surface area contributed by atoms with Crippen LogP contribution in [0.25, 0.3) is 0 Å². The summed E-state index contributed by atoms with van der Waals surface area (Å²) in [6.07, 6.45) is 6.21. The number of benzene rings is 1. The SMILES string of the molecule is COc1cc(OC)cc(C(=O)Nc2sc3c(c2C(N)=O)CCCCCC3)c1. The normalized spacial score (nSPS) is 13.9. The minimum Gasteiger partial charge on any atom is -0.497 e. The Kier molecular flexibility index (Phi) is 6.01. The van der Waals surface area contributed by atoms with E-state index in [9.17, 15) is 9.59 Å². The number of fused-ring (bicyclic) bond motifs is 1. The third kappa shape index (κ3) is 4.24. The van der Waals surface area contributed by atoms with Crippen molar-refractivity contribution in [2.75, 3.05) is 19.5 Å². The number of nitrogens with two attached hydrogens (primary N) is 1. The molecule has 0 saturated heterocycles. The Morgan fingerprint density at radius 1 is 1.00 bits per heavy atom. The molecule has 0 bridgehead atoms. The van der Waals surface area contributed by atoms with Gasteiger partial charge in [-0.15, -0.1) is 11.3 Å². The van der Waals surface area contributed by atoms with Crippen LogP contribution in [0.4, 0.5) is 5.00 Å². The molecule has 1 aromatic heterocycles. The van der Waals surface area contributed by atoms with Crippen molar-refractivity contribution < 1.29 is 19.1 Å². The van der Waals surface area contributed by atoms with Crippen molar-refractivity contribution >= 4 is 28.2 Å². The fraction of sp³-hybridized carbons (Fsp3) is 0.400. The molecule has 2 aromatic rings. The Labute approximate surface area is 162 Å². The van der Waals surface area contributed by atoms with Crippen LogP contribution in [0.15, 0.2) is 18.2 Å². The zero-order chi connectivity index (χ0) is 19.4. The van der Waals surface area contributed by atoms with E-state index in [-0.39, 0.29) is 5.91 Å². The second kappa shape index (κ2) is 8.43. The van der Waals surface area contributed by atoms with Gasteiger partial charge in [0.25, 0.3) is 11.8 Å². The Hall–Kier alpha value is -2.54. The molecule has 0 aliphatic heterocycles. The number of carbonyl (C=O) groups excluding carboxylic acids is 2. The first-order valence-corrected chi connectivity index (χ1v) is 9.84. The molecule has 3 N–H and O–H groups in total. The average molecular weight is 388 g/mol. The van der Waals surface area contributed by atoms with Crippen LogP contribution in [0, 0.1) is 0 Å². The molecule has 0 atom stereocenters. The maximum atomic E-state index is 12.8. The van der Waals surface area contributed by atoms with Crippen LogP contribution in [-0.4, -0.2) is 26.0 Å². The third-order valence-electron chi connectivity index (χ3n) is 4.76. The number of ether oxygens (including phenoxy) is 2. The van der Waals surface area contributed by atoms with E-state index in [4.69, 9.17) is 15.2 Å². The van der Waals surface area contributed by atoms with Crippen molar-refractivity contribution in [3.05, 3.63) is 39.8 Å². The summed E-state index contributed by atoms with van der Waals surface area (Å²) in [5.41, 5.74) is 7.51. The number of thiophene rings is 1. The molecule has 1 aliphatic carbocycles. The number of aryl methyl sites for hydroxylation is 1. The molecule has 27 heavy (non-hydrogen) atoms. The summed E-state index contributed by atoms with van der Waals surface area (Å²) in [5, 5.41) is 3.41. The summed E-state index contributed by atoms with van der Waals surface area (Å²) >= 11 is 1.46. The van der Waals surface area contributed by atoms with E-state index in [2.05, 4.69) is 5.32 Å². The molecule has 3 rings (SSSR count). The van der Waals surface area contributed by atoms with Crippen LogP contribution in [0.2, 0.25) is 0 Å². The van der Waals surface area contributed by atoms with Crippen molar-refractivity contribution in [2.45, 2.75) is 38.5 Å². The maximum absolute atomic E-state index is 12.8. The number of anilines is 1. The minimum atomic E-state index is -0.494. The highest BCUT2D eigenvalue weighted by molar-refractivity contribution is 7.17. The monoisotopic (exact) mass is 388 g/mol. The van der Waals surface area contributed by atoms with E-state index in [0.29, 0.717) is 27.6 Å². The van der Waals surface area contributed by atoms with E-state index in [0.717, 1.165) is 42.5 Å². The highest BCUT2D eigenvalue weighted by Crippen LogP contribution is 2.37. The summed E-state index contributed by atoms with van der Waals surface area (Å²) in [6.45, 7) is 0. The maximum Gasteiger partial charge on any atom is 0.256 e. The van der Waals surface area contributed by atoms with Gasteiger partial charge in [0.2, 0.25) is 0 Å². The standard InChI is InChI=1S/C20H24N2O4S/c1-25-13-9-12(10-14(11-13)26-2)19(24)22-20-17(18(21)23)15-7-5-3-4-6-8-16(15)27-20/h9-11H,3-8H2,1-2H3,(H2,21,23)(H,22,24). The lowest BCUT2D eigenvalue weighted by Crippen LogP contribution is -2.18. The number of carbonyl (C=O) groups is 2. The Balaban J connectivity index is 1.94. The zero-order valence-electron chi connectivity index (χ0n) is 15.6. The molecule has 6 nitrogen and oxygen atoms in total. The third-order valence-corrected chi connectivity index (χ3v) is 5.97. The summed E-state index contributed by atoms with van der Waals surface area (Å²) < 4.78 is 10.4. The Bertz CT molecular complexity index is 838. The number of hydrogen-bond donors (Lipinski definition) is 2. The van der Waals surface area contributed by atoms with Crippen LogP contribution in [0.5, 0.6) is 11.5 Å². The van der Waals surface area contributed by atoms with Gasteiger partial charge in [-0.2, -0.15) is 0 Å². The second-order valence-electron chi connectivity index (χ2n) is 6.54. The van der Waals surface area contributed by atoms with Crippen molar-refractivity contribution in [3.8, 4) is 11.5 Å². The first kappa shape index (κ1) is 19.2. The lowest BCUT2D eigenvalue weighted by molar-refractivity contribution is 0.100. The number of amides is 2. The molecule has 0 saturated carbocycles. The summed E-state index contributed by atoms with van der Waals surface area (Å²) in [7, 11) is 3.06.